The standard InChI is InChI=1S/C13H28S/c1-10(2)7-13(8-11(3)4)14-9-12(5)6/h10-13H,7-9H2,1-6H3. The van der Waals surface area contributed by atoms with Crippen LogP contribution in [0.4, 0.5) is 0 Å². The normalized spacial score (nSPS) is 12.4. The van der Waals surface area contributed by atoms with E-state index in [4.69, 9.17) is 0 Å². The van der Waals surface area contributed by atoms with Crippen molar-refractivity contribution in [2.24, 2.45) is 17.8 Å². The van der Waals surface area contributed by atoms with Gasteiger partial charge in [-0.25, -0.2) is 0 Å². The van der Waals surface area contributed by atoms with Gasteiger partial charge < -0.3 is 0 Å². The van der Waals surface area contributed by atoms with Crippen LogP contribution in [-0.2, 0) is 0 Å². The third-order valence-corrected chi connectivity index (χ3v) is 3.85. The van der Waals surface area contributed by atoms with Gasteiger partial charge in [-0.2, -0.15) is 11.8 Å². The van der Waals surface area contributed by atoms with Crippen LogP contribution >= 0.6 is 11.8 Å². The van der Waals surface area contributed by atoms with Gasteiger partial charge in [-0.05, 0) is 36.3 Å². The monoisotopic (exact) mass is 216 g/mol. The lowest BCUT2D eigenvalue weighted by molar-refractivity contribution is 0.491. The van der Waals surface area contributed by atoms with Crippen molar-refractivity contribution in [2.45, 2.75) is 59.6 Å². The van der Waals surface area contributed by atoms with Crippen molar-refractivity contribution in [3.8, 4) is 0 Å². The zero-order valence-corrected chi connectivity index (χ0v) is 11.7. The SMILES string of the molecule is CC(C)CSC(CC(C)C)CC(C)C. The Bertz CT molecular complexity index is 117. The van der Waals surface area contributed by atoms with E-state index in [1.165, 1.54) is 18.6 Å². The van der Waals surface area contributed by atoms with Crippen LogP contribution in [-0.4, -0.2) is 11.0 Å². The van der Waals surface area contributed by atoms with Gasteiger partial charge in [-0.15, -0.1) is 0 Å². The molecule has 0 spiro atoms. The summed E-state index contributed by atoms with van der Waals surface area (Å²) in [6.07, 6.45) is 2.77. The summed E-state index contributed by atoms with van der Waals surface area (Å²) in [4.78, 5) is 0. The summed E-state index contributed by atoms with van der Waals surface area (Å²) in [5, 5.41) is 0.886. The largest absolute Gasteiger partial charge is 0.158 e. The highest BCUT2D eigenvalue weighted by molar-refractivity contribution is 7.99. The zero-order chi connectivity index (χ0) is 11.1. The maximum atomic E-state index is 2.34. The van der Waals surface area contributed by atoms with E-state index in [9.17, 15) is 0 Å². The quantitative estimate of drug-likeness (QED) is 0.587. The molecule has 0 amide bonds. The van der Waals surface area contributed by atoms with Gasteiger partial charge in [0.05, 0.1) is 0 Å². The van der Waals surface area contributed by atoms with E-state index in [1.54, 1.807) is 0 Å². The lowest BCUT2D eigenvalue weighted by atomic mass is 10.0. The molecule has 0 N–H and O–H groups in total. The van der Waals surface area contributed by atoms with Crippen LogP contribution in [0.25, 0.3) is 0 Å². The fourth-order valence-corrected chi connectivity index (χ4v) is 3.31. The van der Waals surface area contributed by atoms with Gasteiger partial charge in [-0.3, -0.25) is 0 Å². The summed E-state index contributed by atoms with van der Waals surface area (Å²) >= 11 is 2.19. The summed E-state index contributed by atoms with van der Waals surface area (Å²) in [6.45, 7) is 14.0. The molecule has 1 heteroatoms. The Balaban J connectivity index is 3.84. The Morgan fingerprint density at radius 2 is 1.14 bits per heavy atom. The van der Waals surface area contributed by atoms with Gasteiger partial charge in [0.25, 0.3) is 0 Å². The molecule has 14 heavy (non-hydrogen) atoms. The Morgan fingerprint density at radius 3 is 1.43 bits per heavy atom. The molecule has 0 aromatic carbocycles. The summed E-state index contributed by atoms with van der Waals surface area (Å²) in [5.74, 6) is 3.85. The van der Waals surface area contributed by atoms with Crippen LogP contribution in [0.15, 0.2) is 0 Å². The number of hydrogen-bond acceptors (Lipinski definition) is 1. The lowest BCUT2D eigenvalue weighted by Crippen LogP contribution is -2.12. The van der Waals surface area contributed by atoms with Crippen molar-refractivity contribution in [1.29, 1.82) is 0 Å². The minimum Gasteiger partial charge on any atom is -0.158 e. The van der Waals surface area contributed by atoms with E-state index in [2.05, 4.69) is 53.3 Å². The average molecular weight is 216 g/mol. The van der Waals surface area contributed by atoms with E-state index in [-0.39, 0.29) is 0 Å². The molecule has 0 bridgehead atoms. The highest BCUT2D eigenvalue weighted by Crippen LogP contribution is 2.26. The second-order valence-electron chi connectivity index (χ2n) is 5.61. The van der Waals surface area contributed by atoms with E-state index in [1.807, 2.05) is 0 Å². The second kappa shape index (κ2) is 7.62. The van der Waals surface area contributed by atoms with Gasteiger partial charge in [0, 0.05) is 5.25 Å². The molecule has 0 aliphatic heterocycles. The lowest BCUT2D eigenvalue weighted by Gasteiger charge is -2.21. The Hall–Kier alpha value is 0.350. The summed E-state index contributed by atoms with van der Waals surface area (Å²) < 4.78 is 0. The minimum atomic E-state index is 0.835. The van der Waals surface area contributed by atoms with Gasteiger partial charge in [0.15, 0.2) is 0 Å². The maximum absolute atomic E-state index is 2.34. The second-order valence-corrected chi connectivity index (χ2v) is 6.94. The molecule has 0 unspecified atom stereocenters. The maximum Gasteiger partial charge on any atom is 0.00520 e. The number of thioether (sulfide) groups is 1. The Kier molecular flexibility index (Phi) is 7.81. The topological polar surface area (TPSA) is 0 Å². The molecule has 0 aliphatic rings. The van der Waals surface area contributed by atoms with Crippen LogP contribution in [0.2, 0.25) is 0 Å². The van der Waals surface area contributed by atoms with Crippen LogP contribution in [0.3, 0.4) is 0 Å². The van der Waals surface area contributed by atoms with Crippen molar-refractivity contribution in [2.75, 3.05) is 5.75 Å². The minimum absolute atomic E-state index is 0.835. The van der Waals surface area contributed by atoms with E-state index in [0.29, 0.717) is 0 Å². The van der Waals surface area contributed by atoms with Gasteiger partial charge in [-0.1, -0.05) is 41.5 Å². The summed E-state index contributed by atoms with van der Waals surface area (Å²) in [6, 6.07) is 0. The number of hydrogen-bond donors (Lipinski definition) is 0. The van der Waals surface area contributed by atoms with Gasteiger partial charge in [0.1, 0.15) is 0 Å². The van der Waals surface area contributed by atoms with E-state index < -0.39 is 0 Å². The predicted molar refractivity (Wildman–Crippen MR) is 70.0 cm³/mol. The van der Waals surface area contributed by atoms with Crippen LogP contribution in [0, 0.1) is 17.8 Å². The first-order chi connectivity index (χ1) is 6.41. The molecule has 0 radical (unpaired) electrons. The molecular formula is C13H28S. The van der Waals surface area contributed by atoms with Crippen LogP contribution in [0.1, 0.15) is 54.4 Å². The van der Waals surface area contributed by atoms with Crippen LogP contribution in [0.5, 0.6) is 0 Å². The molecule has 0 rings (SSSR count). The Labute approximate surface area is 95.2 Å². The Morgan fingerprint density at radius 1 is 0.714 bits per heavy atom. The first-order valence-electron chi connectivity index (χ1n) is 6.03. The molecule has 0 aliphatic carbocycles. The van der Waals surface area contributed by atoms with Crippen molar-refractivity contribution in [3.63, 3.8) is 0 Å². The van der Waals surface area contributed by atoms with Crippen molar-refractivity contribution >= 4 is 11.8 Å². The first kappa shape index (κ1) is 14.3. The molecule has 0 saturated heterocycles. The van der Waals surface area contributed by atoms with Gasteiger partial charge in [0.2, 0.25) is 0 Å². The fourth-order valence-electron chi connectivity index (χ4n) is 1.61. The first-order valence-corrected chi connectivity index (χ1v) is 7.08. The summed E-state index contributed by atoms with van der Waals surface area (Å²) in [5.41, 5.74) is 0. The average Bonchev–Trinajstić information content (AvgIpc) is 1.97. The summed E-state index contributed by atoms with van der Waals surface area (Å²) in [7, 11) is 0. The van der Waals surface area contributed by atoms with Gasteiger partial charge >= 0.3 is 0 Å². The third-order valence-electron chi connectivity index (χ3n) is 2.13. The molecule has 0 fully saturated rings. The van der Waals surface area contributed by atoms with E-state index in [0.717, 1.165) is 23.0 Å². The molecule has 0 aromatic heterocycles. The smallest absolute Gasteiger partial charge is 0.00520 e. The molecule has 0 aromatic rings. The van der Waals surface area contributed by atoms with Crippen LogP contribution < -0.4 is 0 Å². The molecular weight excluding hydrogens is 188 g/mol. The fraction of sp³-hybridized carbons (Fsp3) is 1.00. The molecule has 0 nitrogen and oxygen atoms in total. The predicted octanol–water partition coefficient (Wildman–Crippen LogP) is 4.84. The number of rotatable bonds is 7. The van der Waals surface area contributed by atoms with Crippen molar-refractivity contribution in [3.05, 3.63) is 0 Å². The molecule has 0 heterocycles. The molecule has 0 atom stereocenters. The highest BCUT2D eigenvalue weighted by atomic mass is 32.2. The third kappa shape index (κ3) is 8.93. The van der Waals surface area contributed by atoms with Crippen molar-refractivity contribution in [1.82, 2.24) is 0 Å². The van der Waals surface area contributed by atoms with E-state index >= 15 is 0 Å². The molecule has 86 valence electrons. The zero-order valence-electron chi connectivity index (χ0n) is 10.8. The van der Waals surface area contributed by atoms with Crippen molar-refractivity contribution < 1.29 is 0 Å². The highest BCUT2D eigenvalue weighted by Gasteiger charge is 2.13. The molecule has 0 saturated carbocycles.